The fourth-order valence-electron chi connectivity index (χ4n) is 3.24. The van der Waals surface area contributed by atoms with Gasteiger partial charge in [-0.2, -0.15) is 4.98 Å². The standard InChI is InChI=1S/C25H21F3N6O3/c1-34(22-13-14-29-23(33-22)30-18-3-2-4-20(35)15-18)19-9-5-16(6-10-19)31-24(36)32-17-7-11-21(12-8-17)37-25(26,27)28/h2-15,35H,1H3,(H,29,30,33)(H2,31,32,36). The van der Waals surface area contributed by atoms with Crippen molar-refractivity contribution >= 4 is 40.5 Å². The Hall–Kier alpha value is -5.00. The number of phenols is 1. The van der Waals surface area contributed by atoms with Crippen molar-refractivity contribution in [3.8, 4) is 11.5 Å². The number of nitrogens with one attached hydrogen (secondary N) is 3. The van der Waals surface area contributed by atoms with Gasteiger partial charge in [-0.25, -0.2) is 9.78 Å². The Morgan fingerprint density at radius 2 is 1.57 bits per heavy atom. The van der Waals surface area contributed by atoms with Crippen LogP contribution in [0.2, 0.25) is 0 Å². The van der Waals surface area contributed by atoms with Gasteiger partial charge in [0.05, 0.1) is 0 Å². The van der Waals surface area contributed by atoms with Gasteiger partial charge in [0.2, 0.25) is 5.95 Å². The molecular weight excluding hydrogens is 489 g/mol. The first kappa shape index (κ1) is 25.1. The number of ether oxygens (including phenoxy) is 1. The average Bonchev–Trinajstić information content (AvgIpc) is 2.84. The molecule has 0 saturated carbocycles. The third kappa shape index (κ3) is 7.24. The molecule has 0 spiro atoms. The highest BCUT2D eigenvalue weighted by Gasteiger charge is 2.30. The molecule has 37 heavy (non-hydrogen) atoms. The summed E-state index contributed by atoms with van der Waals surface area (Å²) in [6, 6.07) is 19.5. The highest BCUT2D eigenvalue weighted by Crippen LogP contribution is 2.26. The summed E-state index contributed by atoms with van der Waals surface area (Å²) in [5, 5.41) is 17.8. The number of alkyl halides is 3. The molecule has 0 fully saturated rings. The molecule has 0 atom stereocenters. The van der Waals surface area contributed by atoms with Crippen LogP contribution in [-0.2, 0) is 0 Å². The smallest absolute Gasteiger partial charge is 0.508 e. The first-order valence-electron chi connectivity index (χ1n) is 10.8. The quantitative estimate of drug-likeness (QED) is 0.233. The molecule has 2 amide bonds. The summed E-state index contributed by atoms with van der Waals surface area (Å²) in [4.78, 5) is 22.8. The molecule has 4 rings (SSSR count). The van der Waals surface area contributed by atoms with Crippen molar-refractivity contribution in [1.29, 1.82) is 0 Å². The largest absolute Gasteiger partial charge is 0.573 e. The lowest BCUT2D eigenvalue weighted by molar-refractivity contribution is -0.274. The van der Waals surface area contributed by atoms with E-state index in [1.54, 1.807) is 60.8 Å². The zero-order valence-electron chi connectivity index (χ0n) is 19.3. The van der Waals surface area contributed by atoms with E-state index in [2.05, 4.69) is 30.7 Å². The van der Waals surface area contributed by atoms with Gasteiger partial charge < -0.3 is 30.7 Å². The third-order valence-electron chi connectivity index (χ3n) is 4.95. The van der Waals surface area contributed by atoms with Crippen LogP contribution in [0.25, 0.3) is 0 Å². The Balaban J connectivity index is 1.35. The molecule has 0 radical (unpaired) electrons. The van der Waals surface area contributed by atoms with E-state index < -0.39 is 12.4 Å². The summed E-state index contributed by atoms with van der Waals surface area (Å²) < 4.78 is 40.6. The molecule has 9 nitrogen and oxygen atoms in total. The maximum Gasteiger partial charge on any atom is 0.573 e. The van der Waals surface area contributed by atoms with E-state index in [0.717, 1.165) is 17.8 Å². The summed E-state index contributed by atoms with van der Waals surface area (Å²) >= 11 is 0. The van der Waals surface area contributed by atoms with Crippen LogP contribution >= 0.6 is 0 Å². The molecule has 12 heteroatoms. The Morgan fingerprint density at radius 3 is 2.19 bits per heavy atom. The first-order chi connectivity index (χ1) is 17.6. The maximum atomic E-state index is 12.3. The minimum atomic E-state index is -4.79. The highest BCUT2D eigenvalue weighted by molar-refractivity contribution is 5.99. The van der Waals surface area contributed by atoms with Crippen LogP contribution in [0.15, 0.2) is 85.1 Å². The van der Waals surface area contributed by atoms with Crippen LogP contribution in [0.5, 0.6) is 11.5 Å². The molecule has 1 aromatic heterocycles. The lowest BCUT2D eigenvalue weighted by Crippen LogP contribution is -2.20. The Kier molecular flexibility index (Phi) is 7.28. The van der Waals surface area contributed by atoms with E-state index in [4.69, 9.17) is 0 Å². The van der Waals surface area contributed by atoms with Gasteiger partial charge in [-0.15, -0.1) is 13.2 Å². The van der Waals surface area contributed by atoms with Crippen molar-refractivity contribution in [1.82, 2.24) is 9.97 Å². The fourth-order valence-corrected chi connectivity index (χ4v) is 3.24. The van der Waals surface area contributed by atoms with Crippen molar-refractivity contribution < 1.29 is 27.8 Å². The summed E-state index contributed by atoms with van der Waals surface area (Å²) in [6.45, 7) is 0. The normalized spacial score (nSPS) is 10.9. The number of hydrogen-bond acceptors (Lipinski definition) is 7. The number of aromatic nitrogens is 2. The van der Waals surface area contributed by atoms with Crippen molar-refractivity contribution in [3.63, 3.8) is 0 Å². The van der Waals surface area contributed by atoms with E-state index in [1.165, 1.54) is 12.1 Å². The van der Waals surface area contributed by atoms with Crippen LogP contribution in [0, 0.1) is 0 Å². The number of rotatable bonds is 7. The van der Waals surface area contributed by atoms with Gasteiger partial charge in [-0.1, -0.05) is 6.07 Å². The van der Waals surface area contributed by atoms with Crippen LogP contribution in [0.3, 0.4) is 0 Å². The number of carbonyl (C=O) groups is 1. The molecule has 190 valence electrons. The van der Waals surface area contributed by atoms with Crippen molar-refractivity contribution in [2.24, 2.45) is 0 Å². The SMILES string of the molecule is CN(c1ccc(NC(=O)Nc2ccc(OC(F)(F)F)cc2)cc1)c1ccnc(Nc2cccc(O)c2)n1. The topological polar surface area (TPSA) is 112 Å². The highest BCUT2D eigenvalue weighted by atomic mass is 19.4. The second kappa shape index (κ2) is 10.7. The van der Waals surface area contributed by atoms with Gasteiger partial charge in [0.25, 0.3) is 0 Å². The molecule has 3 aromatic carbocycles. The first-order valence-corrected chi connectivity index (χ1v) is 10.8. The van der Waals surface area contributed by atoms with Crippen molar-refractivity contribution in [3.05, 3.63) is 85.1 Å². The minimum Gasteiger partial charge on any atom is -0.508 e. The van der Waals surface area contributed by atoms with Crippen molar-refractivity contribution in [2.75, 3.05) is 27.9 Å². The third-order valence-corrected chi connectivity index (χ3v) is 4.95. The number of amides is 2. The second-order valence-corrected chi connectivity index (χ2v) is 7.67. The molecule has 0 aliphatic heterocycles. The maximum absolute atomic E-state index is 12.3. The van der Waals surface area contributed by atoms with Crippen LogP contribution < -0.4 is 25.6 Å². The van der Waals surface area contributed by atoms with Crippen LogP contribution in [0.4, 0.5) is 52.5 Å². The summed E-state index contributed by atoms with van der Waals surface area (Å²) in [6.07, 6.45) is -3.18. The van der Waals surface area contributed by atoms with Crippen LogP contribution in [0.1, 0.15) is 0 Å². The number of hydrogen-bond donors (Lipinski definition) is 4. The Morgan fingerprint density at radius 1 is 0.919 bits per heavy atom. The number of benzene rings is 3. The molecule has 1 heterocycles. The molecule has 0 saturated heterocycles. The summed E-state index contributed by atoms with van der Waals surface area (Å²) in [7, 11) is 1.82. The number of phenolic OH excluding ortho intramolecular Hbond substituents is 1. The van der Waals surface area contributed by atoms with E-state index >= 15 is 0 Å². The zero-order valence-corrected chi connectivity index (χ0v) is 19.3. The number of nitrogens with zero attached hydrogens (tertiary/aromatic N) is 3. The predicted molar refractivity (Wildman–Crippen MR) is 134 cm³/mol. The monoisotopic (exact) mass is 510 g/mol. The van der Waals surface area contributed by atoms with E-state index in [0.29, 0.717) is 28.8 Å². The molecule has 0 aliphatic rings. The number of carbonyl (C=O) groups excluding carboxylic acids is 1. The molecular formula is C25H21F3N6O3. The fraction of sp³-hybridized carbons (Fsp3) is 0.0800. The number of urea groups is 1. The summed E-state index contributed by atoms with van der Waals surface area (Å²) in [5.74, 6) is 0.690. The molecule has 0 aliphatic carbocycles. The van der Waals surface area contributed by atoms with Crippen molar-refractivity contribution in [2.45, 2.75) is 6.36 Å². The van der Waals surface area contributed by atoms with Crippen LogP contribution in [-0.4, -0.2) is 34.5 Å². The Bertz CT molecular complexity index is 1370. The van der Waals surface area contributed by atoms with Gasteiger partial charge in [0, 0.05) is 42.1 Å². The van der Waals surface area contributed by atoms with Gasteiger partial charge >= 0.3 is 12.4 Å². The van der Waals surface area contributed by atoms with E-state index in [9.17, 15) is 23.1 Å². The van der Waals surface area contributed by atoms with E-state index in [1.807, 2.05) is 11.9 Å². The number of aromatic hydroxyl groups is 1. The molecule has 0 unspecified atom stereocenters. The Labute approximate surface area is 209 Å². The molecule has 4 N–H and O–H groups in total. The minimum absolute atomic E-state index is 0.120. The second-order valence-electron chi connectivity index (χ2n) is 7.67. The average molecular weight is 510 g/mol. The zero-order chi connectivity index (χ0) is 26.4. The van der Waals surface area contributed by atoms with Gasteiger partial charge in [0.15, 0.2) is 0 Å². The van der Waals surface area contributed by atoms with Gasteiger partial charge in [-0.05, 0) is 66.7 Å². The lowest BCUT2D eigenvalue weighted by atomic mass is 10.2. The predicted octanol–water partition coefficient (Wildman–Crippen LogP) is 6.24. The van der Waals surface area contributed by atoms with Gasteiger partial charge in [0.1, 0.15) is 17.3 Å². The molecule has 0 bridgehead atoms. The van der Waals surface area contributed by atoms with E-state index in [-0.39, 0.29) is 11.5 Å². The summed E-state index contributed by atoms with van der Waals surface area (Å²) in [5.41, 5.74) is 2.22. The number of anilines is 6. The lowest BCUT2D eigenvalue weighted by Gasteiger charge is -2.19. The molecule has 4 aromatic rings. The van der Waals surface area contributed by atoms with Gasteiger partial charge in [-0.3, -0.25) is 0 Å². The number of halogens is 3.